The molecule has 0 saturated carbocycles. The molecule has 2 nitrogen and oxygen atoms in total. The molecule has 3 heteroatoms. The maximum absolute atomic E-state index is 10.1. The molecule has 0 bridgehead atoms. The Bertz CT molecular complexity index is 496. The summed E-state index contributed by atoms with van der Waals surface area (Å²) in [5.74, 6) is 0. The number of hydrogen-bond acceptors (Lipinski definition) is 2. The fraction of sp³-hybridized carbons (Fsp3) is 0.214. The molecular formula is C14H14ClNO. The zero-order valence-corrected chi connectivity index (χ0v) is 10.4. The summed E-state index contributed by atoms with van der Waals surface area (Å²) in [4.78, 5) is 4.27. The van der Waals surface area contributed by atoms with E-state index in [1.807, 2.05) is 31.2 Å². The summed E-state index contributed by atoms with van der Waals surface area (Å²) < 4.78 is 0. The van der Waals surface area contributed by atoms with Gasteiger partial charge in [-0.25, -0.2) is 0 Å². The first kappa shape index (κ1) is 12.1. The third-order valence-electron chi connectivity index (χ3n) is 2.61. The normalized spacial score (nSPS) is 12.4. The summed E-state index contributed by atoms with van der Waals surface area (Å²) >= 11 is 5.89. The maximum Gasteiger partial charge on any atom is 0.0845 e. The van der Waals surface area contributed by atoms with Crippen molar-refractivity contribution >= 4 is 11.6 Å². The topological polar surface area (TPSA) is 33.1 Å². The quantitative estimate of drug-likeness (QED) is 0.903. The number of halogens is 1. The van der Waals surface area contributed by atoms with Crippen molar-refractivity contribution in [3.05, 3.63) is 64.4 Å². The monoisotopic (exact) mass is 247 g/mol. The van der Waals surface area contributed by atoms with Crippen LogP contribution in [0.5, 0.6) is 0 Å². The van der Waals surface area contributed by atoms with Gasteiger partial charge in [0.05, 0.1) is 6.10 Å². The van der Waals surface area contributed by atoms with E-state index in [1.165, 1.54) is 0 Å². The van der Waals surface area contributed by atoms with Gasteiger partial charge in [-0.1, -0.05) is 29.8 Å². The van der Waals surface area contributed by atoms with Crippen LogP contribution in [-0.2, 0) is 6.42 Å². The average Bonchev–Trinajstić information content (AvgIpc) is 2.32. The van der Waals surface area contributed by atoms with Crippen molar-refractivity contribution < 1.29 is 5.11 Å². The average molecular weight is 248 g/mol. The van der Waals surface area contributed by atoms with Crippen molar-refractivity contribution in [2.45, 2.75) is 19.4 Å². The van der Waals surface area contributed by atoms with Gasteiger partial charge in [0.15, 0.2) is 0 Å². The predicted molar refractivity (Wildman–Crippen MR) is 69.1 cm³/mol. The molecule has 88 valence electrons. The molecule has 0 aliphatic rings. The van der Waals surface area contributed by atoms with Gasteiger partial charge in [0.1, 0.15) is 0 Å². The van der Waals surface area contributed by atoms with Gasteiger partial charge in [-0.15, -0.1) is 0 Å². The van der Waals surface area contributed by atoms with E-state index in [0.29, 0.717) is 11.4 Å². The molecule has 2 aromatic rings. The molecular weight excluding hydrogens is 234 g/mol. The number of rotatable bonds is 3. The lowest BCUT2D eigenvalue weighted by molar-refractivity contribution is 0.177. The lowest BCUT2D eigenvalue weighted by Crippen LogP contribution is -2.03. The fourth-order valence-corrected chi connectivity index (χ4v) is 1.85. The lowest BCUT2D eigenvalue weighted by Gasteiger charge is -2.10. The van der Waals surface area contributed by atoms with Gasteiger partial charge in [-0.05, 0) is 36.2 Å². The van der Waals surface area contributed by atoms with E-state index in [-0.39, 0.29) is 0 Å². The highest BCUT2D eigenvalue weighted by Crippen LogP contribution is 2.20. The van der Waals surface area contributed by atoms with Crippen LogP contribution in [0.25, 0.3) is 0 Å². The van der Waals surface area contributed by atoms with Gasteiger partial charge >= 0.3 is 0 Å². The minimum absolute atomic E-state index is 0.501. The van der Waals surface area contributed by atoms with Gasteiger partial charge in [0, 0.05) is 23.3 Å². The van der Waals surface area contributed by atoms with E-state index >= 15 is 0 Å². The molecule has 1 unspecified atom stereocenters. The fourth-order valence-electron chi connectivity index (χ4n) is 1.65. The number of aliphatic hydroxyl groups is 1. The summed E-state index contributed by atoms with van der Waals surface area (Å²) in [5, 5.41) is 10.7. The first-order valence-corrected chi connectivity index (χ1v) is 5.88. The van der Waals surface area contributed by atoms with Gasteiger partial charge in [0.2, 0.25) is 0 Å². The molecule has 0 aliphatic carbocycles. The molecule has 0 fully saturated rings. The van der Waals surface area contributed by atoms with Crippen LogP contribution in [0.3, 0.4) is 0 Å². The van der Waals surface area contributed by atoms with Crippen LogP contribution >= 0.6 is 11.6 Å². The Hall–Kier alpha value is -1.38. The van der Waals surface area contributed by atoms with E-state index in [4.69, 9.17) is 11.6 Å². The molecule has 1 N–H and O–H groups in total. The number of hydrogen-bond donors (Lipinski definition) is 1. The zero-order chi connectivity index (χ0) is 12.3. The van der Waals surface area contributed by atoms with Crippen LogP contribution in [0.1, 0.15) is 22.9 Å². The van der Waals surface area contributed by atoms with Gasteiger partial charge in [-0.2, -0.15) is 0 Å². The van der Waals surface area contributed by atoms with Crippen LogP contribution < -0.4 is 0 Å². The van der Waals surface area contributed by atoms with Crippen LogP contribution in [0.15, 0.2) is 42.6 Å². The van der Waals surface area contributed by atoms with E-state index in [9.17, 15) is 5.11 Å². The third-order valence-corrected chi connectivity index (χ3v) is 2.84. The standard InChI is InChI=1S/C14H14ClNO/c1-10-5-6-13(16-9-10)8-14(17)11-3-2-4-12(15)7-11/h2-7,9,14,17H,8H2,1H3. The molecule has 1 aromatic heterocycles. The van der Waals surface area contributed by atoms with E-state index in [1.54, 1.807) is 18.3 Å². The lowest BCUT2D eigenvalue weighted by atomic mass is 10.0. The van der Waals surface area contributed by atoms with Crippen molar-refractivity contribution in [3.8, 4) is 0 Å². The van der Waals surface area contributed by atoms with Crippen molar-refractivity contribution in [2.75, 3.05) is 0 Å². The summed E-state index contributed by atoms with van der Waals surface area (Å²) in [6, 6.07) is 11.2. The molecule has 0 saturated heterocycles. The van der Waals surface area contributed by atoms with Crippen LogP contribution in [0.2, 0.25) is 5.02 Å². The Morgan fingerprint density at radius 1 is 1.29 bits per heavy atom. The first-order valence-electron chi connectivity index (χ1n) is 5.50. The highest BCUT2D eigenvalue weighted by molar-refractivity contribution is 6.30. The Kier molecular flexibility index (Phi) is 3.77. The second-order valence-electron chi connectivity index (χ2n) is 4.10. The largest absolute Gasteiger partial charge is 0.388 e. The Labute approximate surface area is 106 Å². The van der Waals surface area contributed by atoms with Crippen molar-refractivity contribution in [1.29, 1.82) is 0 Å². The maximum atomic E-state index is 10.1. The third kappa shape index (κ3) is 3.29. The minimum atomic E-state index is -0.566. The SMILES string of the molecule is Cc1ccc(CC(O)c2cccc(Cl)c2)nc1. The summed E-state index contributed by atoms with van der Waals surface area (Å²) in [7, 11) is 0. The first-order chi connectivity index (χ1) is 8.15. The van der Waals surface area contributed by atoms with E-state index in [0.717, 1.165) is 16.8 Å². The number of pyridine rings is 1. The second kappa shape index (κ2) is 5.30. The summed E-state index contributed by atoms with van der Waals surface area (Å²) in [6.07, 6.45) is 1.74. The molecule has 1 heterocycles. The summed E-state index contributed by atoms with van der Waals surface area (Å²) in [5.41, 5.74) is 2.81. The number of aliphatic hydroxyl groups excluding tert-OH is 1. The van der Waals surface area contributed by atoms with Crippen LogP contribution in [-0.4, -0.2) is 10.1 Å². The predicted octanol–water partition coefficient (Wildman–Crippen LogP) is 3.32. The minimum Gasteiger partial charge on any atom is -0.388 e. The van der Waals surface area contributed by atoms with Crippen LogP contribution in [0.4, 0.5) is 0 Å². The number of benzene rings is 1. The van der Waals surface area contributed by atoms with Gasteiger partial charge in [0.25, 0.3) is 0 Å². The molecule has 0 spiro atoms. The van der Waals surface area contributed by atoms with Crippen molar-refractivity contribution in [2.24, 2.45) is 0 Å². The molecule has 1 atom stereocenters. The van der Waals surface area contributed by atoms with Gasteiger partial charge < -0.3 is 5.11 Å². The molecule has 0 amide bonds. The highest BCUT2D eigenvalue weighted by atomic mass is 35.5. The molecule has 1 aromatic carbocycles. The highest BCUT2D eigenvalue weighted by Gasteiger charge is 2.09. The zero-order valence-electron chi connectivity index (χ0n) is 9.60. The van der Waals surface area contributed by atoms with Crippen molar-refractivity contribution in [3.63, 3.8) is 0 Å². The molecule has 0 aliphatic heterocycles. The second-order valence-corrected chi connectivity index (χ2v) is 4.54. The molecule has 17 heavy (non-hydrogen) atoms. The number of nitrogens with zero attached hydrogens (tertiary/aromatic N) is 1. The van der Waals surface area contributed by atoms with E-state index < -0.39 is 6.10 Å². The molecule has 2 rings (SSSR count). The number of aromatic nitrogens is 1. The molecule has 0 radical (unpaired) electrons. The Balaban J connectivity index is 2.11. The number of aryl methyl sites for hydroxylation is 1. The smallest absolute Gasteiger partial charge is 0.0845 e. The van der Waals surface area contributed by atoms with E-state index in [2.05, 4.69) is 4.98 Å². The summed E-state index contributed by atoms with van der Waals surface area (Å²) in [6.45, 7) is 1.99. The van der Waals surface area contributed by atoms with Crippen molar-refractivity contribution in [1.82, 2.24) is 4.98 Å². The van der Waals surface area contributed by atoms with Gasteiger partial charge in [-0.3, -0.25) is 4.98 Å². The Morgan fingerprint density at radius 3 is 2.76 bits per heavy atom. The van der Waals surface area contributed by atoms with Crippen LogP contribution in [0, 0.1) is 6.92 Å². The Morgan fingerprint density at radius 2 is 2.12 bits per heavy atom.